The van der Waals surface area contributed by atoms with Crippen molar-refractivity contribution in [1.82, 2.24) is 15.6 Å². The van der Waals surface area contributed by atoms with E-state index in [1.807, 2.05) is 12.3 Å². The minimum atomic E-state index is -0.420. The van der Waals surface area contributed by atoms with E-state index in [1.54, 1.807) is 6.20 Å². The summed E-state index contributed by atoms with van der Waals surface area (Å²) in [7, 11) is 0. The van der Waals surface area contributed by atoms with Crippen LogP contribution in [-0.2, 0) is 9.59 Å². The third-order valence-electron chi connectivity index (χ3n) is 2.24. The fourth-order valence-corrected chi connectivity index (χ4v) is 2.16. The molecule has 2 atom stereocenters. The molecule has 2 heterocycles. The first-order chi connectivity index (χ1) is 7.16. The molecule has 2 rings (SSSR count). The molecule has 1 aromatic heterocycles. The molecule has 1 aliphatic rings. The van der Waals surface area contributed by atoms with Crippen LogP contribution in [0, 0.1) is 0 Å². The number of hydrogen-bond donors (Lipinski definition) is 2. The van der Waals surface area contributed by atoms with E-state index < -0.39 is 6.04 Å². The second-order valence-electron chi connectivity index (χ2n) is 3.43. The quantitative estimate of drug-likeness (QED) is 0.721. The predicted molar refractivity (Wildman–Crippen MR) is 55.2 cm³/mol. The van der Waals surface area contributed by atoms with Gasteiger partial charge in [-0.15, -0.1) is 11.3 Å². The third kappa shape index (κ3) is 2.21. The molecule has 0 aromatic carbocycles. The Bertz CT molecular complexity index is 377. The van der Waals surface area contributed by atoms with E-state index in [1.165, 1.54) is 11.3 Å². The zero-order valence-corrected chi connectivity index (χ0v) is 9.00. The highest BCUT2D eigenvalue weighted by atomic mass is 32.1. The van der Waals surface area contributed by atoms with Crippen molar-refractivity contribution in [3.05, 3.63) is 16.6 Å². The molecule has 1 aliphatic heterocycles. The number of aromatic nitrogens is 1. The summed E-state index contributed by atoms with van der Waals surface area (Å²) >= 11 is 1.53. The van der Waals surface area contributed by atoms with Crippen LogP contribution in [0.3, 0.4) is 0 Å². The first kappa shape index (κ1) is 10.3. The highest BCUT2D eigenvalue weighted by molar-refractivity contribution is 7.09. The number of hydrogen-bond acceptors (Lipinski definition) is 5. The van der Waals surface area contributed by atoms with Crippen LogP contribution in [0.1, 0.15) is 24.4 Å². The number of carbonyl (C=O) groups is 2. The van der Waals surface area contributed by atoms with Crippen LogP contribution in [0.15, 0.2) is 11.6 Å². The lowest BCUT2D eigenvalue weighted by Gasteiger charge is -2.14. The van der Waals surface area contributed by atoms with Crippen LogP contribution in [-0.4, -0.2) is 22.8 Å². The number of nitrogens with one attached hydrogen (secondary N) is 2. The van der Waals surface area contributed by atoms with Crippen LogP contribution in [0.4, 0.5) is 0 Å². The van der Waals surface area contributed by atoms with Crippen LogP contribution < -0.4 is 10.6 Å². The molecule has 0 saturated carbocycles. The number of carbonyl (C=O) groups excluding carboxylic acids is 2. The van der Waals surface area contributed by atoms with Gasteiger partial charge in [0.25, 0.3) is 0 Å². The van der Waals surface area contributed by atoms with Gasteiger partial charge >= 0.3 is 0 Å². The second kappa shape index (κ2) is 4.08. The van der Waals surface area contributed by atoms with Gasteiger partial charge in [-0.2, -0.15) is 0 Å². The molecular formula is C9H11N3O2S. The highest BCUT2D eigenvalue weighted by Gasteiger charge is 2.31. The maximum atomic E-state index is 11.3. The molecule has 0 radical (unpaired) electrons. The van der Waals surface area contributed by atoms with Crippen molar-refractivity contribution in [1.29, 1.82) is 0 Å². The lowest BCUT2D eigenvalue weighted by atomic mass is 10.2. The molecule has 1 aromatic rings. The summed E-state index contributed by atoms with van der Waals surface area (Å²) in [5.41, 5.74) is 0. The Morgan fingerprint density at radius 2 is 2.47 bits per heavy atom. The van der Waals surface area contributed by atoms with E-state index >= 15 is 0 Å². The zero-order chi connectivity index (χ0) is 10.8. The van der Waals surface area contributed by atoms with Crippen LogP contribution in [0.2, 0.25) is 0 Å². The summed E-state index contributed by atoms with van der Waals surface area (Å²) in [5, 5.41) is 8.14. The Kier molecular flexibility index (Phi) is 2.79. The van der Waals surface area contributed by atoms with Crippen LogP contribution in [0.25, 0.3) is 0 Å². The average molecular weight is 225 g/mol. The van der Waals surface area contributed by atoms with Gasteiger partial charge in [0.05, 0.1) is 18.5 Å². The molecule has 0 spiro atoms. The smallest absolute Gasteiger partial charge is 0.244 e. The van der Waals surface area contributed by atoms with Crippen molar-refractivity contribution >= 4 is 23.2 Å². The largest absolute Gasteiger partial charge is 0.297 e. The van der Waals surface area contributed by atoms with E-state index in [0.29, 0.717) is 0 Å². The van der Waals surface area contributed by atoms with E-state index in [2.05, 4.69) is 15.6 Å². The topological polar surface area (TPSA) is 71.1 Å². The van der Waals surface area contributed by atoms with Gasteiger partial charge in [-0.1, -0.05) is 0 Å². The van der Waals surface area contributed by atoms with Crippen molar-refractivity contribution in [3.8, 4) is 0 Å². The highest BCUT2D eigenvalue weighted by Crippen LogP contribution is 2.16. The van der Waals surface area contributed by atoms with Crippen molar-refractivity contribution in [2.45, 2.75) is 25.4 Å². The number of rotatable bonds is 3. The molecule has 2 amide bonds. The van der Waals surface area contributed by atoms with E-state index in [-0.39, 0.29) is 24.3 Å². The van der Waals surface area contributed by atoms with Crippen molar-refractivity contribution in [2.75, 3.05) is 0 Å². The van der Waals surface area contributed by atoms with Gasteiger partial charge in [-0.3, -0.25) is 20.2 Å². The molecule has 2 unspecified atom stereocenters. The maximum absolute atomic E-state index is 11.3. The Morgan fingerprint density at radius 1 is 1.67 bits per heavy atom. The molecule has 2 N–H and O–H groups in total. The number of imide groups is 1. The molecule has 80 valence electrons. The second-order valence-corrected chi connectivity index (χ2v) is 4.35. The Morgan fingerprint density at radius 3 is 3.00 bits per heavy atom. The Balaban J connectivity index is 1.98. The maximum Gasteiger partial charge on any atom is 0.244 e. The lowest BCUT2D eigenvalue weighted by Crippen LogP contribution is -2.37. The number of thiazole rings is 1. The fourth-order valence-electron chi connectivity index (χ4n) is 1.51. The van der Waals surface area contributed by atoms with Crippen LogP contribution >= 0.6 is 11.3 Å². The first-order valence-electron chi connectivity index (χ1n) is 4.66. The normalized spacial score (nSPS) is 22.9. The minimum absolute atomic E-state index is 0.00773. The SMILES string of the molecule is CC(NC1CC(=O)NC1=O)c1nccs1. The van der Waals surface area contributed by atoms with Gasteiger partial charge in [-0.05, 0) is 6.92 Å². The molecule has 5 nitrogen and oxygen atoms in total. The summed E-state index contributed by atoms with van der Waals surface area (Å²) in [6.45, 7) is 1.93. The molecule has 15 heavy (non-hydrogen) atoms. The van der Waals surface area contributed by atoms with Gasteiger partial charge in [-0.25, -0.2) is 4.98 Å². The van der Waals surface area contributed by atoms with E-state index in [4.69, 9.17) is 0 Å². The van der Waals surface area contributed by atoms with Gasteiger partial charge in [0.1, 0.15) is 5.01 Å². The van der Waals surface area contributed by atoms with Crippen LogP contribution in [0.5, 0.6) is 0 Å². The van der Waals surface area contributed by atoms with Crippen molar-refractivity contribution in [2.24, 2.45) is 0 Å². The summed E-state index contributed by atoms with van der Waals surface area (Å²) < 4.78 is 0. The summed E-state index contributed by atoms with van der Waals surface area (Å²) in [6, 6.07) is -0.428. The zero-order valence-electron chi connectivity index (χ0n) is 8.19. The standard InChI is InChI=1S/C9H11N3O2S/c1-5(9-10-2-3-15-9)11-6-4-7(13)12-8(6)14/h2-3,5-6,11H,4H2,1H3,(H,12,13,14). The monoisotopic (exact) mass is 225 g/mol. The lowest BCUT2D eigenvalue weighted by molar-refractivity contribution is -0.125. The van der Waals surface area contributed by atoms with Gasteiger partial charge < -0.3 is 0 Å². The number of amides is 2. The molecule has 1 fully saturated rings. The average Bonchev–Trinajstić information content (AvgIpc) is 2.76. The number of nitrogens with zero attached hydrogens (tertiary/aromatic N) is 1. The Hall–Kier alpha value is -1.27. The summed E-state index contributed by atoms with van der Waals surface area (Å²) in [6.07, 6.45) is 1.94. The molecular weight excluding hydrogens is 214 g/mol. The van der Waals surface area contributed by atoms with Gasteiger partial charge in [0.2, 0.25) is 11.8 Å². The third-order valence-corrected chi connectivity index (χ3v) is 3.20. The van der Waals surface area contributed by atoms with Gasteiger partial charge in [0.15, 0.2) is 0 Å². The molecule has 1 saturated heterocycles. The Labute approximate surface area is 90.9 Å². The summed E-state index contributed by atoms with van der Waals surface area (Å²) in [4.78, 5) is 26.4. The van der Waals surface area contributed by atoms with Gasteiger partial charge in [0, 0.05) is 11.6 Å². The summed E-state index contributed by atoms with van der Waals surface area (Å²) in [5.74, 6) is -0.466. The fraction of sp³-hybridized carbons (Fsp3) is 0.444. The van der Waals surface area contributed by atoms with E-state index in [9.17, 15) is 9.59 Å². The molecule has 0 aliphatic carbocycles. The predicted octanol–water partition coefficient (Wildman–Crippen LogP) is 0.209. The first-order valence-corrected chi connectivity index (χ1v) is 5.54. The van der Waals surface area contributed by atoms with E-state index in [0.717, 1.165) is 5.01 Å². The molecule has 0 bridgehead atoms. The minimum Gasteiger partial charge on any atom is -0.297 e. The van der Waals surface area contributed by atoms with Crippen molar-refractivity contribution < 1.29 is 9.59 Å². The molecule has 6 heteroatoms. The van der Waals surface area contributed by atoms with Crippen molar-refractivity contribution in [3.63, 3.8) is 0 Å².